The lowest BCUT2D eigenvalue weighted by Crippen LogP contribution is -2.39. The van der Waals surface area contributed by atoms with Gasteiger partial charge < -0.3 is 29.9 Å². The number of nitrogens with zero attached hydrogens (tertiary/aromatic N) is 3. The van der Waals surface area contributed by atoms with Gasteiger partial charge in [0.05, 0.1) is 13.7 Å². The van der Waals surface area contributed by atoms with E-state index >= 15 is 0 Å². The summed E-state index contributed by atoms with van der Waals surface area (Å²) in [6, 6.07) is 7.63. The number of methoxy groups -OCH3 is 1. The number of rotatable bonds is 10. The monoisotopic (exact) mass is 519 g/mol. The van der Waals surface area contributed by atoms with Crippen LogP contribution in [0.1, 0.15) is 19.8 Å². The minimum absolute atomic E-state index is 0. The fourth-order valence-corrected chi connectivity index (χ4v) is 3.16. The summed E-state index contributed by atoms with van der Waals surface area (Å²) in [6.07, 6.45) is 2.35. The maximum Gasteiger partial charge on any atom is 0.191 e. The maximum absolute atomic E-state index is 5.75. The van der Waals surface area contributed by atoms with Crippen molar-refractivity contribution in [2.45, 2.75) is 19.8 Å². The van der Waals surface area contributed by atoms with E-state index in [-0.39, 0.29) is 24.0 Å². The number of likely N-dealkylation sites (N-methyl/N-ethyl adjacent to an activating group) is 1. The van der Waals surface area contributed by atoms with Crippen LogP contribution >= 0.6 is 24.0 Å². The summed E-state index contributed by atoms with van der Waals surface area (Å²) in [7, 11) is 3.87. The number of hydrogen-bond donors (Lipinski definition) is 2. The second-order valence-electron chi connectivity index (χ2n) is 7.06. The average molecular weight is 519 g/mol. The van der Waals surface area contributed by atoms with Crippen LogP contribution in [-0.4, -0.2) is 88.9 Å². The fraction of sp³-hybridized carbons (Fsp3) is 0.667. The molecular weight excluding hydrogens is 481 g/mol. The quantitative estimate of drug-likeness (QED) is 0.214. The van der Waals surface area contributed by atoms with Gasteiger partial charge in [0.1, 0.15) is 18.1 Å². The number of nitrogens with one attached hydrogen (secondary N) is 2. The third-order valence-corrected chi connectivity index (χ3v) is 4.78. The first-order valence-corrected chi connectivity index (χ1v) is 10.4. The molecule has 1 aromatic carbocycles. The molecule has 0 radical (unpaired) electrons. The molecule has 1 fully saturated rings. The van der Waals surface area contributed by atoms with E-state index in [9.17, 15) is 0 Å². The van der Waals surface area contributed by atoms with Crippen LogP contribution in [0.4, 0.5) is 0 Å². The zero-order valence-corrected chi connectivity index (χ0v) is 20.5. The third kappa shape index (κ3) is 10.9. The van der Waals surface area contributed by atoms with Crippen molar-refractivity contribution in [2.75, 3.05) is 73.1 Å². The molecule has 1 aromatic rings. The molecule has 1 heterocycles. The Balaban J connectivity index is 0.00000420. The normalized spacial score (nSPS) is 15.9. The van der Waals surface area contributed by atoms with Crippen LogP contribution in [0.15, 0.2) is 29.3 Å². The van der Waals surface area contributed by atoms with Crippen molar-refractivity contribution in [1.29, 1.82) is 0 Å². The van der Waals surface area contributed by atoms with Crippen molar-refractivity contribution in [3.05, 3.63) is 24.3 Å². The first-order chi connectivity index (χ1) is 13.7. The van der Waals surface area contributed by atoms with E-state index in [4.69, 9.17) is 9.47 Å². The van der Waals surface area contributed by atoms with Crippen molar-refractivity contribution < 1.29 is 9.47 Å². The lowest BCUT2D eigenvalue weighted by atomic mass is 10.3. The van der Waals surface area contributed by atoms with Gasteiger partial charge >= 0.3 is 0 Å². The summed E-state index contributed by atoms with van der Waals surface area (Å²) in [6.45, 7) is 10.9. The smallest absolute Gasteiger partial charge is 0.191 e. The van der Waals surface area contributed by atoms with E-state index < -0.39 is 0 Å². The first kappa shape index (κ1) is 25.8. The number of aliphatic imine (C=N–C) groups is 1. The van der Waals surface area contributed by atoms with Crippen LogP contribution in [-0.2, 0) is 0 Å². The van der Waals surface area contributed by atoms with E-state index in [2.05, 4.69) is 39.4 Å². The van der Waals surface area contributed by atoms with Gasteiger partial charge in [-0.15, -0.1) is 24.0 Å². The SMILES string of the molecule is CCNC(=NCCCN1CCCN(C)CC1)NCCOc1ccc(OC)cc1.I. The van der Waals surface area contributed by atoms with Gasteiger partial charge in [-0.2, -0.15) is 0 Å². The van der Waals surface area contributed by atoms with E-state index in [0.717, 1.165) is 43.5 Å². The number of halogens is 1. The molecule has 2 rings (SSSR count). The molecule has 1 saturated heterocycles. The van der Waals surface area contributed by atoms with Gasteiger partial charge in [-0.1, -0.05) is 0 Å². The lowest BCUT2D eigenvalue weighted by Gasteiger charge is -2.19. The van der Waals surface area contributed by atoms with Gasteiger partial charge in [0.15, 0.2) is 5.96 Å². The second-order valence-corrected chi connectivity index (χ2v) is 7.06. The van der Waals surface area contributed by atoms with Crippen LogP contribution < -0.4 is 20.1 Å². The van der Waals surface area contributed by atoms with Crippen molar-refractivity contribution in [3.8, 4) is 11.5 Å². The summed E-state index contributed by atoms with van der Waals surface area (Å²) in [5.41, 5.74) is 0. The predicted octanol–water partition coefficient (Wildman–Crippen LogP) is 2.27. The zero-order valence-electron chi connectivity index (χ0n) is 18.2. The second kappa shape index (κ2) is 15.6. The number of guanidine groups is 1. The Morgan fingerprint density at radius 1 is 1.07 bits per heavy atom. The summed E-state index contributed by atoms with van der Waals surface area (Å²) in [5, 5.41) is 6.63. The Hall–Kier alpha value is -1.26. The lowest BCUT2D eigenvalue weighted by molar-refractivity contribution is 0.275. The molecule has 0 spiro atoms. The molecule has 0 amide bonds. The molecule has 0 saturated carbocycles. The third-order valence-electron chi connectivity index (χ3n) is 4.78. The average Bonchev–Trinajstić information content (AvgIpc) is 2.93. The van der Waals surface area contributed by atoms with Crippen LogP contribution in [0.2, 0.25) is 0 Å². The summed E-state index contributed by atoms with van der Waals surface area (Å²) < 4.78 is 10.9. The van der Waals surface area contributed by atoms with E-state index in [1.54, 1.807) is 7.11 Å². The molecule has 1 aliphatic heterocycles. The highest BCUT2D eigenvalue weighted by Crippen LogP contribution is 2.16. The summed E-state index contributed by atoms with van der Waals surface area (Å²) in [4.78, 5) is 9.66. The Kier molecular flexibility index (Phi) is 13.8. The summed E-state index contributed by atoms with van der Waals surface area (Å²) >= 11 is 0. The highest BCUT2D eigenvalue weighted by Gasteiger charge is 2.11. The predicted molar refractivity (Wildman–Crippen MR) is 131 cm³/mol. The van der Waals surface area contributed by atoms with Gasteiger partial charge in [-0.3, -0.25) is 4.99 Å². The molecule has 166 valence electrons. The number of hydrogen-bond acceptors (Lipinski definition) is 5. The van der Waals surface area contributed by atoms with E-state index in [1.807, 2.05) is 24.3 Å². The van der Waals surface area contributed by atoms with Crippen LogP contribution in [0, 0.1) is 0 Å². The first-order valence-electron chi connectivity index (χ1n) is 10.4. The summed E-state index contributed by atoms with van der Waals surface area (Å²) in [5.74, 6) is 2.53. The van der Waals surface area contributed by atoms with Crippen LogP contribution in [0.25, 0.3) is 0 Å². The van der Waals surface area contributed by atoms with E-state index in [0.29, 0.717) is 13.2 Å². The molecule has 2 N–H and O–H groups in total. The molecule has 7 nitrogen and oxygen atoms in total. The number of benzene rings is 1. The molecule has 0 aromatic heterocycles. The highest BCUT2D eigenvalue weighted by molar-refractivity contribution is 14.0. The minimum atomic E-state index is 0. The zero-order chi connectivity index (χ0) is 20.0. The Morgan fingerprint density at radius 3 is 2.55 bits per heavy atom. The van der Waals surface area contributed by atoms with Gasteiger partial charge in [-0.05, 0) is 70.7 Å². The molecule has 29 heavy (non-hydrogen) atoms. The molecule has 1 aliphatic rings. The van der Waals surface area contributed by atoms with Crippen molar-refractivity contribution in [1.82, 2.24) is 20.4 Å². The molecule has 0 unspecified atom stereocenters. The molecule has 0 aliphatic carbocycles. The van der Waals surface area contributed by atoms with Gasteiger partial charge in [0, 0.05) is 26.2 Å². The standard InChI is InChI=1S/C21H37N5O2.HI/c1-4-22-21(23-11-5-14-26-15-6-13-25(2)16-17-26)24-12-18-28-20-9-7-19(27-3)8-10-20;/h7-10H,4-6,11-18H2,1-3H3,(H2,22,23,24);1H. The molecular formula is C21H38IN5O2. The van der Waals surface area contributed by atoms with Crippen molar-refractivity contribution in [2.24, 2.45) is 4.99 Å². The molecule has 0 atom stereocenters. The Labute approximate surface area is 193 Å². The van der Waals surface area contributed by atoms with Crippen molar-refractivity contribution >= 4 is 29.9 Å². The molecule has 0 bridgehead atoms. The van der Waals surface area contributed by atoms with Gasteiger partial charge in [0.2, 0.25) is 0 Å². The van der Waals surface area contributed by atoms with E-state index in [1.165, 1.54) is 32.6 Å². The minimum Gasteiger partial charge on any atom is -0.497 e. The van der Waals surface area contributed by atoms with Gasteiger partial charge in [-0.25, -0.2) is 0 Å². The molecule has 8 heteroatoms. The maximum atomic E-state index is 5.75. The Morgan fingerprint density at radius 2 is 1.83 bits per heavy atom. The number of ether oxygens (including phenoxy) is 2. The van der Waals surface area contributed by atoms with Crippen molar-refractivity contribution in [3.63, 3.8) is 0 Å². The topological polar surface area (TPSA) is 61.4 Å². The highest BCUT2D eigenvalue weighted by atomic mass is 127. The van der Waals surface area contributed by atoms with Crippen LogP contribution in [0.5, 0.6) is 11.5 Å². The van der Waals surface area contributed by atoms with Crippen LogP contribution in [0.3, 0.4) is 0 Å². The van der Waals surface area contributed by atoms with Gasteiger partial charge in [0.25, 0.3) is 0 Å². The fourth-order valence-electron chi connectivity index (χ4n) is 3.16. The Bertz CT molecular complexity index is 571. The largest absolute Gasteiger partial charge is 0.497 e.